The molecule has 0 spiro atoms. The van der Waals surface area contributed by atoms with Gasteiger partial charge in [0.15, 0.2) is 5.82 Å². The Balaban J connectivity index is 1.18. The van der Waals surface area contributed by atoms with Crippen LogP contribution in [-0.2, 0) is 5.41 Å². The molecule has 0 aliphatic heterocycles. The van der Waals surface area contributed by atoms with Gasteiger partial charge in [-0.1, -0.05) is 177 Å². The van der Waals surface area contributed by atoms with Gasteiger partial charge >= 0.3 is 0 Å². The van der Waals surface area contributed by atoms with Crippen molar-refractivity contribution >= 4 is 16.3 Å². The Bertz CT molecular complexity index is 2050. The van der Waals surface area contributed by atoms with E-state index >= 15 is 0 Å². The largest absolute Gasteiger partial charge is 0.228 e. The molecule has 2 nitrogen and oxygen atoms in total. The van der Waals surface area contributed by atoms with Gasteiger partial charge in [-0.25, -0.2) is 9.97 Å². The molecule has 6 aromatic rings. The van der Waals surface area contributed by atoms with E-state index in [4.69, 9.17) is 9.97 Å². The number of hydrogen-bond donors (Lipinski definition) is 0. The number of allylic oxidation sites excluding steroid dienone is 6. The Morgan fingerprint density at radius 1 is 0.532 bits per heavy atom. The van der Waals surface area contributed by atoms with Crippen LogP contribution >= 0.6 is 0 Å². The molecule has 1 saturated carbocycles. The van der Waals surface area contributed by atoms with E-state index in [0.29, 0.717) is 0 Å². The number of benzene rings is 5. The van der Waals surface area contributed by atoms with Crippen LogP contribution in [0.15, 0.2) is 163 Å². The highest BCUT2D eigenvalue weighted by Gasteiger charge is 2.37. The van der Waals surface area contributed by atoms with Crippen molar-refractivity contribution in [2.75, 3.05) is 0 Å². The van der Waals surface area contributed by atoms with Crippen molar-refractivity contribution in [2.24, 2.45) is 0 Å². The van der Waals surface area contributed by atoms with E-state index in [0.717, 1.165) is 40.3 Å². The monoisotopic (exact) mass is 606 g/mol. The van der Waals surface area contributed by atoms with E-state index in [2.05, 4.69) is 146 Å². The molecule has 47 heavy (non-hydrogen) atoms. The van der Waals surface area contributed by atoms with Gasteiger partial charge in [-0.3, -0.25) is 0 Å². The van der Waals surface area contributed by atoms with Crippen LogP contribution in [0.25, 0.3) is 50.0 Å². The van der Waals surface area contributed by atoms with E-state index in [1.165, 1.54) is 65.1 Å². The molecule has 0 radical (unpaired) electrons. The fourth-order valence-electron chi connectivity index (χ4n) is 7.62. The highest BCUT2D eigenvalue weighted by atomic mass is 14.9. The van der Waals surface area contributed by atoms with E-state index in [-0.39, 0.29) is 5.41 Å². The summed E-state index contributed by atoms with van der Waals surface area (Å²) in [7, 11) is 0. The molecule has 2 heteroatoms. The average Bonchev–Trinajstić information content (AvgIpc) is 3.43. The van der Waals surface area contributed by atoms with Gasteiger partial charge in [0.05, 0.1) is 11.4 Å². The normalized spacial score (nSPS) is 15.9. The van der Waals surface area contributed by atoms with Crippen LogP contribution in [0.1, 0.15) is 49.9 Å². The molecule has 2 aliphatic carbocycles. The lowest BCUT2D eigenvalue weighted by atomic mass is 9.64. The molecule has 0 bridgehead atoms. The lowest BCUT2D eigenvalue weighted by Crippen LogP contribution is -2.31. The summed E-state index contributed by atoms with van der Waals surface area (Å²) in [5, 5.41) is 2.59. The first-order chi connectivity index (χ1) is 23.3. The lowest BCUT2D eigenvalue weighted by Gasteiger charge is -2.40. The zero-order valence-corrected chi connectivity index (χ0v) is 26.6. The quantitative estimate of drug-likeness (QED) is 0.188. The summed E-state index contributed by atoms with van der Waals surface area (Å²) in [6.45, 7) is 0. The smallest absolute Gasteiger partial charge is 0.160 e. The summed E-state index contributed by atoms with van der Waals surface area (Å²) < 4.78 is 0. The molecule has 1 fully saturated rings. The molecule has 1 aromatic heterocycles. The minimum Gasteiger partial charge on any atom is -0.228 e. The Kier molecular flexibility index (Phi) is 7.93. The summed E-state index contributed by atoms with van der Waals surface area (Å²) in [4.78, 5) is 10.2. The Morgan fingerprint density at radius 3 is 1.87 bits per heavy atom. The van der Waals surface area contributed by atoms with Crippen molar-refractivity contribution in [1.82, 2.24) is 9.97 Å². The molecule has 2 aliphatic rings. The number of rotatable bonds is 6. The van der Waals surface area contributed by atoms with Gasteiger partial charge in [-0.2, -0.15) is 0 Å². The third kappa shape index (κ3) is 5.77. The second kappa shape index (κ2) is 12.8. The minimum atomic E-state index is 0.0355. The SMILES string of the molecule is C1=CC(c2nc(-c3ccccc3)cc(-c3ccccc3)n2)=CC=C(C2(c3ccc(-c4cccc5ccccc45)cc3)CCCCC2)C1. The molecular formula is C45H38N2. The predicted molar refractivity (Wildman–Crippen MR) is 197 cm³/mol. The summed E-state index contributed by atoms with van der Waals surface area (Å²) in [6.07, 6.45) is 16.3. The van der Waals surface area contributed by atoms with Gasteiger partial charge in [0.25, 0.3) is 0 Å². The molecule has 0 saturated heterocycles. The Morgan fingerprint density at radius 2 is 1.17 bits per heavy atom. The number of fused-ring (bicyclic) bond motifs is 1. The molecule has 0 unspecified atom stereocenters. The van der Waals surface area contributed by atoms with Gasteiger partial charge in [-0.15, -0.1) is 0 Å². The van der Waals surface area contributed by atoms with Crippen LogP contribution in [0, 0.1) is 0 Å². The highest BCUT2D eigenvalue weighted by Crippen LogP contribution is 2.47. The number of hydrogen-bond acceptors (Lipinski definition) is 2. The van der Waals surface area contributed by atoms with Gasteiger partial charge in [0.1, 0.15) is 0 Å². The molecule has 0 atom stereocenters. The van der Waals surface area contributed by atoms with Gasteiger partial charge in [0.2, 0.25) is 0 Å². The maximum atomic E-state index is 5.11. The van der Waals surface area contributed by atoms with Crippen molar-refractivity contribution in [2.45, 2.75) is 43.9 Å². The molecular weight excluding hydrogens is 569 g/mol. The van der Waals surface area contributed by atoms with Gasteiger partial charge in [0, 0.05) is 22.1 Å². The summed E-state index contributed by atoms with van der Waals surface area (Å²) in [5.74, 6) is 0.760. The first kappa shape index (κ1) is 29.1. The Labute approximate surface area is 277 Å². The molecule has 8 rings (SSSR count). The second-order valence-electron chi connectivity index (χ2n) is 12.9. The third-order valence-electron chi connectivity index (χ3n) is 10.1. The predicted octanol–water partition coefficient (Wildman–Crippen LogP) is 11.8. The van der Waals surface area contributed by atoms with Crippen molar-refractivity contribution in [3.05, 3.63) is 175 Å². The Hall–Kier alpha value is -5.34. The fourth-order valence-corrected chi connectivity index (χ4v) is 7.62. The molecule has 228 valence electrons. The first-order valence-electron chi connectivity index (χ1n) is 16.9. The van der Waals surface area contributed by atoms with Crippen LogP contribution in [0.2, 0.25) is 0 Å². The topological polar surface area (TPSA) is 25.8 Å². The van der Waals surface area contributed by atoms with Crippen LogP contribution < -0.4 is 0 Å². The molecule has 0 N–H and O–H groups in total. The van der Waals surface area contributed by atoms with Gasteiger partial charge in [-0.05, 0) is 52.8 Å². The standard InChI is InChI=1S/C45H38N2/c1-4-15-35(16-5-1)42-32-43(36-17-6-2-7-18-36)47-44(46-42)37-20-12-21-38(29-26-37)45(30-10-3-11-31-45)39-27-24-34(25-28-39)41-23-13-19-33-14-8-9-22-40(33)41/h1-2,4-9,12-20,22-29,32H,3,10-11,21,30-31H2. The van der Waals surface area contributed by atoms with Crippen LogP contribution in [-0.4, -0.2) is 9.97 Å². The number of nitrogens with zero attached hydrogens (tertiary/aromatic N) is 2. The zero-order valence-electron chi connectivity index (χ0n) is 26.6. The van der Waals surface area contributed by atoms with Crippen molar-refractivity contribution in [3.63, 3.8) is 0 Å². The maximum Gasteiger partial charge on any atom is 0.160 e. The highest BCUT2D eigenvalue weighted by molar-refractivity contribution is 5.96. The van der Waals surface area contributed by atoms with Crippen LogP contribution in [0.3, 0.4) is 0 Å². The van der Waals surface area contributed by atoms with E-state index < -0.39 is 0 Å². The van der Waals surface area contributed by atoms with Crippen LogP contribution in [0.4, 0.5) is 0 Å². The van der Waals surface area contributed by atoms with E-state index in [9.17, 15) is 0 Å². The summed E-state index contributed by atoms with van der Waals surface area (Å²) >= 11 is 0. The van der Waals surface area contributed by atoms with Crippen molar-refractivity contribution in [1.29, 1.82) is 0 Å². The first-order valence-corrected chi connectivity index (χ1v) is 16.9. The zero-order chi connectivity index (χ0) is 31.5. The molecule has 1 heterocycles. The van der Waals surface area contributed by atoms with Crippen molar-refractivity contribution < 1.29 is 0 Å². The van der Waals surface area contributed by atoms with E-state index in [1.807, 2.05) is 12.1 Å². The lowest BCUT2D eigenvalue weighted by molar-refractivity contribution is 0.336. The fraction of sp³-hybridized carbons (Fsp3) is 0.156. The summed E-state index contributed by atoms with van der Waals surface area (Å²) in [5.41, 5.74) is 10.6. The molecule has 0 amide bonds. The maximum absolute atomic E-state index is 5.11. The average molecular weight is 607 g/mol. The second-order valence-corrected chi connectivity index (χ2v) is 12.9. The molecule has 5 aromatic carbocycles. The summed E-state index contributed by atoms with van der Waals surface area (Å²) in [6, 6.07) is 47.7. The van der Waals surface area contributed by atoms with E-state index in [1.54, 1.807) is 0 Å². The third-order valence-corrected chi connectivity index (χ3v) is 10.1. The number of aromatic nitrogens is 2. The van der Waals surface area contributed by atoms with Crippen molar-refractivity contribution in [3.8, 4) is 33.6 Å². The van der Waals surface area contributed by atoms with Crippen LogP contribution in [0.5, 0.6) is 0 Å². The minimum absolute atomic E-state index is 0.0355. The van der Waals surface area contributed by atoms with Gasteiger partial charge < -0.3 is 0 Å².